The Morgan fingerprint density at radius 1 is 1.20 bits per heavy atom. The van der Waals surface area contributed by atoms with Crippen molar-refractivity contribution >= 4 is 11.8 Å². The molecule has 3 aliphatic rings. The van der Waals surface area contributed by atoms with Crippen LogP contribution in [0.1, 0.15) is 54.9 Å². The van der Waals surface area contributed by atoms with Crippen LogP contribution in [0.5, 0.6) is 0 Å². The van der Waals surface area contributed by atoms with Gasteiger partial charge in [0.05, 0.1) is 6.61 Å². The van der Waals surface area contributed by atoms with Crippen LogP contribution in [-0.4, -0.2) is 78.5 Å². The van der Waals surface area contributed by atoms with Crippen molar-refractivity contribution in [3.8, 4) is 0 Å². The van der Waals surface area contributed by atoms with Gasteiger partial charge in [-0.25, -0.2) is 0 Å². The molecule has 2 saturated heterocycles. The summed E-state index contributed by atoms with van der Waals surface area (Å²) in [5, 5.41) is 0. The molecule has 3 heterocycles. The van der Waals surface area contributed by atoms with Crippen molar-refractivity contribution in [2.24, 2.45) is 5.92 Å². The first-order valence-corrected chi connectivity index (χ1v) is 11.5. The Balaban J connectivity index is 1.46. The zero-order chi connectivity index (χ0) is 21.1. The van der Waals surface area contributed by atoms with Crippen molar-refractivity contribution in [1.29, 1.82) is 0 Å². The molecule has 164 valence electrons. The van der Waals surface area contributed by atoms with Crippen LogP contribution >= 0.6 is 0 Å². The van der Waals surface area contributed by atoms with Gasteiger partial charge in [-0.2, -0.15) is 0 Å². The van der Waals surface area contributed by atoms with Gasteiger partial charge >= 0.3 is 0 Å². The summed E-state index contributed by atoms with van der Waals surface area (Å²) in [6.07, 6.45) is 6.22. The average Bonchev–Trinajstić information content (AvgIpc) is 3.12. The lowest BCUT2D eigenvalue weighted by Gasteiger charge is -2.46. The maximum Gasteiger partial charge on any atom is 0.255 e. The Hall–Kier alpha value is -1.92. The van der Waals surface area contributed by atoms with E-state index >= 15 is 0 Å². The molecule has 0 saturated carbocycles. The maximum absolute atomic E-state index is 13.5. The number of carbonyl (C=O) groups excluding carboxylic acids is 2. The summed E-state index contributed by atoms with van der Waals surface area (Å²) in [4.78, 5) is 32.7. The zero-order valence-corrected chi connectivity index (χ0v) is 18.4. The molecular formula is C24H35N3O3. The van der Waals surface area contributed by atoms with E-state index in [0.717, 1.165) is 17.7 Å². The van der Waals surface area contributed by atoms with Gasteiger partial charge in [0.2, 0.25) is 5.91 Å². The third kappa shape index (κ3) is 4.26. The molecule has 0 radical (unpaired) electrons. The van der Waals surface area contributed by atoms with E-state index in [4.69, 9.17) is 4.74 Å². The molecule has 2 fully saturated rings. The summed E-state index contributed by atoms with van der Waals surface area (Å²) in [5.41, 5.74) is 1.74. The number of ether oxygens (including phenoxy) is 1. The molecule has 4 rings (SSSR count). The molecule has 0 aliphatic carbocycles. The summed E-state index contributed by atoms with van der Waals surface area (Å²) in [7, 11) is 1.68. The van der Waals surface area contributed by atoms with Crippen molar-refractivity contribution < 1.29 is 14.3 Å². The van der Waals surface area contributed by atoms with Gasteiger partial charge in [-0.1, -0.05) is 24.6 Å². The predicted molar refractivity (Wildman–Crippen MR) is 116 cm³/mol. The first-order chi connectivity index (χ1) is 14.6. The van der Waals surface area contributed by atoms with Crippen LogP contribution in [0.3, 0.4) is 0 Å². The highest BCUT2D eigenvalue weighted by Crippen LogP contribution is 2.32. The van der Waals surface area contributed by atoms with E-state index in [-0.39, 0.29) is 11.8 Å². The molecule has 0 spiro atoms. The van der Waals surface area contributed by atoms with Gasteiger partial charge in [0.25, 0.3) is 5.91 Å². The van der Waals surface area contributed by atoms with E-state index in [1.165, 1.54) is 45.2 Å². The van der Waals surface area contributed by atoms with E-state index in [2.05, 4.69) is 4.90 Å². The second-order valence-corrected chi connectivity index (χ2v) is 9.04. The lowest BCUT2D eigenvalue weighted by Crippen LogP contribution is -2.54. The molecule has 1 aromatic rings. The second-order valence-electron chi connectivity index (χ2n) is 9.04. The monoisotopic (exact) mass is 413 g/mol. The topological polar surface area (TPSA) is 53.1 Å². The number of nitrogens with zero attached hydrogens (tertiary/aromatic N) is 3. The summed E-state index contributed by atoms with van der Waals surface area (Å²) in [6.45, 7) is 6.65. The standard InChI is InChI=1S/C24H35N3O3/c1-18(27-17-19-8-3-4-10-21(19)24(27)29)23(28)26(14-15-30-2)16-20-9-7-13-25-12-6-5-11-22(20)25/h3-4,8,10,18,20,22H,5-7,9,11-17H2,1-2H3/t18-,20-,22+/m0/s1. The fraction of sp³-hybridized carbons (Fsp3) is 0.667. The normalized spacial score (nSPS) is 25.0. The molecule has 6 heteroatoms. The smallest absolute Gasteiger partial charge is 0.255 e. The number of methoxy groups -OCH3 is 1. The molecule has 6 nitrogen and oxygen atoms in total. The number of hydrogen-bond donors (Lipinski definition) is 0. The third-order valence-electron chi connectivity index (χ3n) is 7.23. The van der Waals surface area contributed by atoms with Crippen molar-refractivity contribution in [2.45, 2.75) is 57.7 Å². The van der Waals surface area contributed by atoms with E-state index in [9.17, 15) is 9.59 Å². The predicted octanol–water partition coefficient (Wildman–Crippen LogP) is 2.77. The Labute approximate surface area is 180 Å². The second kappa shape index (κ2) is 9.48. The fourth-order valence-electron chi connectivity index (χ4n) is 5.55. The Kier molecular flexibility index (Phi) is 6.74. The molecule has 3 atom stereocenters. The number of fused-ring (bicyclic) bond motifs is 2. The first kappa shape index (κ1) is 21.3. The van der Waals surface area contributed by atoms with Crippen LogP contribution in [-0.2, 0) is 16.1 Å². The lowest BCUT2D eigenvalue weighted by molar-refractivity contribution is -0.137. The van der Waals surface area contributed by atoms with Gasteiger partial charge in [0, 0.05) is 38.3 Å². The van der Waals surface area contributed by atoms with Crippen LogP contribution in [0.4, 0.5) is 0 Å². The summed E-state index contributed by atoms with van der Waals surface area (Å²) < 4.78 is 5.31. The van der Waals surface area contributed by atoms with Crippen molar-refractivity contribution in [3.05, 3.63) is 35.4 Å². The van der Waals surface area contributed by atoms with Gasteiger partial charge in [-0.15, -0.1) is 0 Å². The average molecular weight is 414 g/mol. The highest BCUT2D eigenvalue weighted by molar-refractivity contribution is 6.01. The number of benzene rings is 1. The van der Waals surface area contributed by atoms with E-state index < -0.39 is 6.04 Å². The van der Waals surface area contributed by atoms with Crippen LogP contribution in [0.15, 0.2) is 24.3 Å². The third-order valence-corrected chi connectivity index (χ3v) is 7.23. The zero-order valence-electron chi connectivity index (χ0n) is 18.4. The molecule has 3 aliphatic heterocycles. The number of rotatable bonds is 7. The lowest BCUT2D eigenvalue weighted by atomic mass is 9.83. The summed E-state index contributed by atoms with van der Waals surface area (Å²) >= 11 is 0. The van der Waals surface area contributed by atoms with Crippen LogP contribution in [0.25, 0.3) is 0 Å². The number of carbonyl (C=O) groups is 2. The Morgan fingerprint density at radius 2 is 2.00 bits per heavy atom. The molecule has 30 heavy (non-hydrogen) atoms. The van der Waals surface area contributed by atoms with E-state index in [0.29, 0.717) is 31.7 Å². The quantitative estimate of drug-likeness (QED) is 0.690. The number of piperidine rings is 2. The number of hydrogen-bond acceptors (Lipinski definition) is 4. The van der Waals surface area contributed by atoms with Gasteiger partial charge in [-0.3, -0.25) is 9.59 Å². The number of amides is 2. The highest BCUT2D eigenvalue weighted by atomic mass is 16.5. The highest BCUT2D eigenvalue weighted by Gasteiger charge is 2.38. The van der Waals surface area contributed by atoms with Crippen LogP contribution < -0.4 is 0 Å². The van der Waals surface area contributed by atoms with Crippen molar-refractivity contribution in [2.75, 3.05) is 39.9 Å². The molecule has 0 aromatic heterocycles. The maximum atomic E-state index is 13.5. The van der Waals surface area contributed by atoms with Crippen molar-refractivity contribution in [3.63, 3.8) is 0 Å². The summed E-state index contributed by atoms with van der Waals surface area (Å²) in [6, 6.07) is 7.80. The van der Waals surface area contributed by atoms with Gasteiger partial charge in [-0.05, 0) is 63.2 Å². The van der Waals surface area contributed by atoms with Gasteiger partial charge in [0.1, 0.15) is 6.04 Å². The molecule has 0 unspecified atom stereocenters. The summed E-state index contributed by atoms with van der Waals surface area (Å²) in [5.74, 6) is 0.522. The molecule has 0 N–H and O–H groups in total. The SMILES string of the molecule is COCCN(C[C@@H]1CCCN2CCCC[C@H]12)C(=O)[C@H](C)N1Cc2ccccc2C1=O. The minimum atomic E-state index is -0.465. The van der Waals surface area contributed by atoms with E-state index in [1.807, 2.05) is 36.1 Å². The molecule has 1 aromatic carbocycles. The van der Waals surface area contributed by atoms with Crippen LogP contribution in [0, 0.1) is 5.92 Å². The Morgan fingerprint density at radius 3 is 2.80 bits per heavy atom. The first-order valence-electron chi connectivity index (χ1n) is 11.5. The van der Waals surface area contributed by atoms with Crippen molar-refractivity contribution in [1.82, 2.24) is 14.7 Å². The Bertz CT molecular complexity index is 766. The minimum absolute atomic E-state index is 0.0331. The largest absolute Gasteiger partial charge is 0.383 e. The molecule has 0 bridgehead atoms. The minimum Gasteiger partial charge on any atom is -0.383 e. The molecule has 2 amide bonds. The molecular weight excluding hydrogens is 378 g/mol. The van der Waals surface area contributed by atoms with Crippen LogP contribution in [0.2, 0.25) is 0 Å². The fourth-order valence-corrected chi connectivity index (χ4v) is 5.55. The van der Waals surface area contributed by atoms with Gasteiger partial charge < -0.3 is 19.4 Å². The van der Waals surface area contributed by atoms with E-state index in [1.54, 1.807) is 12.0 Å². The van der Waals surface area contributed by atoms with Gasteiger partial charge in [0.15, 0.2) is 0 Å².